The van der Waals surface area contributed by atoms with Gasteiger partial charge < -0.3 is 15.4 Å². The van der Waals surface area contributed by atoms with Crippen LogP contribution in [0.25, 0.3) is 0 Å². The van der Waals surface area contributed by atoms with E-state index in [1.54, 1.807) is 25.3 Å². The largest absolute Gasteiger partial charge is 0.497 e. The van der Waals surface area contributed by atoms with Gasteiger partial charge in [0.15, 0.2) is 0 Å². The van der Waals surface area contributed by atoms with Gasteiger partial charge in [0.1, 0.15) is 17.9 Å². The van der Waals surface area contributed by atoms with Crippen molar-refractivity contribution >= 4 is 17.2 Å². The third-order valence-electron chi connectivity index (χ3n) is 4.12. The molecule has 0 atom stereocenters. The van der Waals surface area contributed by atoms with Crippen molar-refractivity contribution in [2.75, 3.05) is 30.8 Å². The number of hydrogen-bond acceptors (Lipinski definition) is 6. The molecule has 6 heteroatoms. The van der Waals surface area contributed by atoms with Crippen LogP contribution in [-0.4, -0.2) is 35.9 Å². The molecular formula is C17H21N5O. The Balaban J connectivity index is 1.90. The van der Waals surface area contributed by atoms with E-state index in [1.165, 1.54) is 25.6 Å². The summed E-state index contributed by atoms with van der Waals surface area (Å²) < 4.78 is 5.22. The lowest BCUT2D eigenvalue weighted by molar-refractivity contribution is 0.415. The van der Waals surface area contributed by atoms with Crippen LogP contribution >= 0.6 is 0 Å². The summed E-state index contributed by atoms with van der Waals surface area (Å²) in [5.41, 5.74) is 8.02. The van der Waals surface area contributed by atoms with E-state index < -0.39 is 0 Å². The number of nitrogen functional groups attached to an aromatic ring is 1. The lowest BCUT2D eigenvalue weighted by atomic mass is 10.0. The van der Waals surface area contributed by atoms with Gasteiger partial charge in [-0.1, -0.05) is 0 Å². The van der Waals surface area contributed by atoms with Gasteiger partial charge in [-0.25, -0.2) is 9.97 Å². The molecule has 1 saturated heterocycles. The maximum atomic E-state index is 8.45. The molecule has 0 aliphatic carbocycles. The van der Waals surface area contributed by atoms with Gasteiger partial charge >= 0.3 is 0 Å². The third-order valence-corrected chi connectivity index (χ3v) is 4.12. The number of ether oxygens (including phenoxy) is 1. The molecule has 23 heavy (non-hydrogen) atoms. The zero-order valence-corrected chi connectivity index (χ0v) is 13.2. The number of benzene rings is 1. The summed E-state index contributed by atoms with van der Waals surface area (Å²) in [6, 6.07) is 7.16. The Morgan fingerprint density at radius 2 is 1.96 bits per heavy atom. The molecule has 0 spiro atoms. The van der Waals surface area contributed by atoms with E-state index >= 15 is 0 Å². The van der Waals surface area contributed by atoms with Crippen LogP contribution in [0.5, 0.6) is 5.75 Å². The predicted octanol–water partition coefficient (Wildman–Crippen LogP) is 2.47. The Hall–Kier alpha value is -2.63. The van der Waals surface area contributed by atoms with E-state index in [4.69, 9.17) is 15.9 Å². The van der Waals surface area contributed by atoms with Gasteiger partial charge in [0.25, 0.3) is 0 Å². The van der Waals surface area contributed by atoms with E-state index in [0.717, 1.165) is 18.9 Å². The summed E-state index contributed by atoms with van der Waals surface area (Å²) in [7, 11) is 1.60. The number of hydrogen-bond donors (Lipinski definition) is 2. The molecule has 0 radical (unpaired) electrons. The first kappa shape index (κ1) is 15.3. The van der Waals surface area contributed by atoms with Crippen molar-refractivity contribution in [2.45, 2.75) is 19.3 Å². The van der Waals surface area contributed by atoms with Gasteiger partial charge in [-0.15, -0.1) is 0 Å². The van der Waals surface area contributed by atoms with Crippen LogP contribution in [0.1, 0.15) is 30.5 Å². The van der Waals surface area contributed by atoms with Crippen LogP contribution in [0.4, 0.5) is 11.5 Å². The molecule has 3 N–H and O–H groups in total. The summed E-state index contributed by atoms with van der Waals surface area (Å²) in [6.45, 7) is 2.01. The first-order valence-corrected chi connectivity index (χ1v) is 7.79. The quantitative estimate of drug-likeness (QED) is 0.669. The van der Waals surface area contributed by atoms with Crippen molar-refractivity contribution in [3.63, 3.8) is 0 Å². The van der Waals surface area contributed by atoms with Gasteiger partial charge in [-0.05, 0) is 37.5 Å². The highest BCUT2D eigenvalue weighted by atomic mass is 16.5. The van der Waals surface area contributed by atoms with Crippen molar-refractivity contribution in [3.05, 3.63) is 41.9 Å². The summed E-state index contributed by atoms with van der Waals surface area (Å²) in [5, 5.41) is 8.45. The normalized spacial score (nSPS) is 14.6. The highest BCUT2D eigenvalue weighted by Gasteiger charge is 2.16. The Kier molecular flexibility index (Phi) is 4.41. The summed E-state index contributed by atoms with van der Waals surface area (Å²) in [6.07, 6.45) is 5.15. The van der Waals surface area contributed by atoms with Crippen LogP contribution in [0, 0.1) is 5.41 Å². The SMILES string of the molecule is COc1ccc(N)c(C(=N)c2cc(N3CCCCC3)ncn2)c1. The average Bonchev–Trinajstić information content (AvgIpc) is 2.62. The van der Waals surface area contributed by atoms with E-state index in [2.05, 4.69) is 14.9 Å². The van der Waals surface area contributed by atoms with Crippen LogP contribution < -0.4 is 15.4 Å². The number of rotatable bonds is 4. The van der Waals surface area contributed by atoms with Crippen LogP contribution in [-0.2, 0) is 0 Å². The molecule has 1 fully saturated rings. The smallest absolute Gasteiger partial charge is 0.132 e. The third kappa shape index (κ3) is 3.26. The minimum absolute atomic E-state index is 0.280. The van der Waals surface area contributed by atoms with Crippen LogP contribution in [0.3, 0.4) is 0 Å². The maximum Gasteiger partial charge on any atom is 0.132 e. The van der Waals surface area contributed by atoms with Crippen molar-refractivity contribution in [3.8, 4) is 5.75 Å². The fourth-order valence-electron chi connectivity index (χ4n) is 2.80. The molecule has 0 unspecified atom stereocenters. The maximum absolute atomic E-state index is 8.45. The fourth-order valence-corrected chi connectivity index (χ4v) is 2.80. The highest BCUT2D eigenvalue weighted by Crippen LogP contribution is 2.23. The van der Waals surface area contributed by atoms with Gasteiger partial charge in [0, 0.05) is 30.4 Å². The van der Waals surface area contributed by atoms with Gasteiger partial charge in [0.2, 0.25) is 0 Å². The molecule has 6 nitrogen and oxygen atoms in total. The minimum atomic E-state index is 0.280. The second-order valence-electron chi connectivity index (χ2n) is 5.64. The standard InChI is InChI=1S/C17H21N5O/c1-23-12-5-6-14(18)13(9-12)17(19)15-10-16(21-11-20-15)22-7-3-2-4-8-22/h5-6,9-11,19H,2-4,7-8,18H2,1H3. The second-order valence-corrected chi connectivity index (χ2v) is 5.64. The first-order chi connectivity index (χ1) is 11.2. The molecular weight excluding hydrogens is 290 g/mol. The molecule has 0 saturated carbocycles. The van der Waals surface area contributed by atoms with Gasteiger partial charge in [-0.3, -0.25) is 5.41 Å². The van der Waals surface area contributed by atoms with Gasteiger partial charge in [-0.2, -0.15) is 0 Å². The molecule has 1 aromatic heterocycles. The second kappa shape index (κ2) is 6.64. The Bertz CT molecular complexity index is 710. The zero-order chi connectivity index (χ0) is 16.2. The topological polar surface area (TPSA) is 88.1 Å². The summed E-state index contributed by atoms with van der Waals surface area (Å²) >= 11 is 0. The van der Waals surface area contributed by atoms with E-state index in [-0.39, 0.29) is 5.71 Å². The number of nitrogens with zero attached hydrogens (tertiary/aromatic N) is 3. The van der Waals surface area contributed by atoms with Crippen LogP contribution in [0.15, 0.2) is 30.6 Å². The Labute approximate surface area is 135 Å². The van der Waals surface area contributed by atoms with E-state index in [0.29, 0.717) is 22.7 Å². The molecule has 0 amide bonds. The lowest BCUT2D eigenvalue weighted by Gasteiger charge is -2.27. The van der Waals surface area contributed by atoms with Crippen LogP contribution in [0.2, 0.25) is 0 Å². The number of nitrogens with one attached hydrogen (secondary N) is 1. The van der Waals surface area contributed by atoms with Crippen molar-refractivity contribution < 1.29 is 4.74 Å². The van der Waals surface area contributed by atoms with Gasteiger partial charge in [0.05, 0.1) is 18.5 Å². The number of piperidine rings is 1. The van der Waals surface area contributed by atoms with Crippen molar-refractivity contribution in [1.82, 2.24) is 9.97 Å². The highest BCUT2D eigenvalue weighted by molar-refractivity contribution is 6.13. The molecule has 2 aromatic rings. The van der Waals surface area contributed by atoms with Crippen molar-refractivity contribution in [2.24, 2.45) is 0 Å². The predicted molar refractivity (Wildman–Crippen MR) is 91.4 cm³/mol. The lowest BCUT2D eigenvalue weighted by Crippen LogP contribution is -2.30. The molecule has 120 valence electrons. The Morgan fingerprint density at radius 3 is 2.70 bits per heavy atom. The molecule has 1 aliphatic heterocycles. The number of nitrogens with two attached hydrogens (primary N) is 1. The number of aromatic nitrogens is 2. The van der Waals surface area contributed by atoms with Crippen molar-refractivity contribution in [1.29, 1.82) is 5.41 Å². The number of anilines is 2. The molecule has 1 aromatic carbocycles. The minimum Gasteiger partial charge on any atom is -0.497 e. The average molecular weight is 311 g/mol. The van der Waals surface area contributed by atoms with E-state index in [1.807, 2.05) is 6.07 Å². The molecule has 0 bridgehead atoms. The van der Waals surface area contributed by atoms with E-state index in [9.17, 15) is 0 Å². The Morgan fingerprint density at radius 1 is 1.17 bits per heavy atom. The first-order valence-electron chi connectivity index (χ1n) is 7.79. The number of methoxy groups -OCH3 is 1. The summed E-state index contributed by atoms with van der Waals surface area (Å²) in [4.78, 5) is 10.9. The molecule has 3 rings (SSSR count). The molecule has 1 aliphatic rings. The fraction of sp³-hybridized carbons (Fsp3) is 0.353. The zero-order valence-electron chi connectivity index (χ0n) is 13.2. The summed E-state index contributed by atoms with van der Waals surface area (Å²) in [5.74, 6) is 1.55. The monoisotopic (exact) mass is 311 g/mol. The molecule has 2 heterocycles.